The Kier molecular flexibility index (Phi) is 5.91. The lowest BCUT2D eigenvalue weighted by molar-refractivity contribution is -0.142. The molecule has 0 heterocycles. The number of carbonyl (C=O) groups is 1. The first-order chi connectivity index (χ1) is 8.17. The molecular formula is C13H18O3S. The molecule has 1 unspecified atom stereocenters. The van der Waals surface area contributed by atoms with Gasteiger partial charge in [0.15, 0.2) is 0 Å². The number of ether oxygens (including phenoxy) is 2. The molecule has 1 aromatic carbocycles. The molecule has 0 aliphatic rings. The van der Waals surface area contributed by atoms with Gasteiger partial charge in [0.1, 0.15) is 11.0 Å². The highest BCUT2D eigenvalue weighted by Crippen LogP contribution is 2.25. The van der Waals surface area contributed by atoms with Crippen LogP contribution in [-0.4, -0.2) is 24.4 Å². The molecule has 4 heteroatoms. The molecule has 0 aliphatic carbocycles. The van der Waals surface area contributed by atoms with Crippen molar-refractivity contribution in [2.24, 2.45) is 0 Å². The van der Waals surface area contributed by atoms with Gasteiger partial charge in [0.05, 0.1) is 13.2 Å². The molecule has 0 bridgehead atoms. The van der Waals surface area contributed by atoms with Crippen molar-refractivity contribution < 1.29 is 14.3 Å². The highest BCUT2D eigenvalue weighted by atomic mass is 32.2. The molecule has 0 spiro atoms. The van der Waals surface area contributed by atoms with Crippen LogP contribution in [0.5, 0.6) is 5.75 Å². The van der Waals surface area contributed by atoms with Crippen molar-refractivity contribution in [2.45, 2.75) is 30.9 Å². The van der Waals surface area contributed by atoms with E-state index in [9.17, 15) is 4.79 Å². The number of hydrogen-bond acceptors (Lipinski definition) is 4. The first-order valence-electron chi connectivity index (χ1n) is 5.73. The van der Waals surface area contributed by atoms with Crippen LogP contribution < -0.4 is 4.74 Å². The minimum atomic E-state index is -0.187. The third-order valence-electron chi connectivity index (χ3n) is 2.07. The van der Waals surface area contributed by atoms with E-state index in [2.05, 4.69) is 0 Å². The maximum atomic E-state index is 11.4. The van der Waals surface area contributed by atoms with Gasteiger partial charge >= 0.3 is 5.97 Å². The maximum Gasteiger partial charge on any atom is 0.319 e. The predicted octanol–water partition coefficient (Wildman–Crippen LogP) is 3.13. The van der Waals surface area contributed by atoms with Gasteiger partial charge < -0.3 is 9.47 Å². The van der Waals surface area contributed by atoms with Gasteiger partial charge in [-0.1, -0.05) is 0 Å². The first-order valence-corrected chi connectivity index (χ1v) is 6.61. The van der Waals surface area contributed by atoms with Gasteiger partial charge in [-0.2, -0.15) is 0 Å². The van der Waals surface area contributed by atoms with Crippen molar-refractivity contribution in [2.75, 3.05) is 13.2 Å². The second-order valence-electron chi connectivity index (χ2n) is 3.42. The lowest BCUT2D eigenvalue weighted by atomic mass is 10.3. The molecule has 94 valence electrons. The van der Waals surface area contributed by atoms with Crippen molar-refractivity contribution in [3.63, 3.8) is 0 Å². The Labute approximate surface area is 106 Å². The summed E-state index contributed by atoms with van der Waals surface area (Å²) >= 11 is 1.49. The fourth-order valence-corrected chi connectivity index (χ4v) is 2.16. The Bertz CT molecular complexity index is 348. The van der Waals surface area contributed by atoms with E-state index < -0.39 is 0 Å². The second-order valence-corrected chi connectivity index (χ2v) is 4.83. The van der Waals surface area contributed by atoms with Crippen LogP contribution in [-0.2, 0) is 9.53 Å². The molecule has 1 atom stereocenters. The molecule has 0 N–H and O–H groups in total. The summed E-state index contributed by atoms with van der Waals surface area (Å²) in [6.45, 7) is 6.69. The van der Waals surface area contributed by atoms with E-state index >= 15 is 0 Å². The number of thioether (sulfide) groups is 1. The molecule has 1 rings (SSSR count). The Morgan fingerprint density at radius 3 is 2.41 bits per heavy atom. The van der Waals surface area contributed by atoms with Crippen molar-refractivity contribution >= 4 is 17.7 Å². The SMILES string of the molecule is CCOC(=O)C(C)Sc1ccc(OCC)cc1. The molecular weight excluding hydrogens is 236 g/mol. The molecule has 0 amide bonds. The fraction of sp³-hybridized carbons (Fsp3) is 0.462. The summed E-state index contributed by atoms with van der Waals surface area (Å²) in [7, 11) is 0. The second kappa shape index (κ2) is 7.22. The van der Waals surface area contributed by atoms with Gasteiger partial charge in [0, 0.05) is 4.90 Å². The van der Waals surface area contributed by atoms with Gasteiger partial charge in [-0.25, -0.2) is 0 Å². The summed E-state index contributed by atoms with van der Waals surface area (Å²) < 4.78 is 10.3. The first kappa shape index (κ1) is 13.9. The normalized spacial score (nSPS) is 11.9. The standard InChI is InChI=1S/C13H18O3S/c1-4-15-11-6-8-12(9-7-11)17-10(3)13(14)16-5-2/h6-10H,4-5H2,1-3H3. The van der Waals surface area contributed by atoms with E-state index in [0.717, 1.165) is 10.6 Å². The van der Waals surface area contributed by atoms with Gasteiger partial charge in [0.2, 0.25) is 0 Å². The Morgan fingerprint density at radius 2 is 1.88 bits per heavy atom. The lowest BCUT2D eigenvalue weighted by Gasteiger charge is -2.10. The maximum absolute atomic E-state index is 11.4. The minimum Gasteiger partial charge on any atom is -0.494 e. The molecule has 0 fully saturated rings. The molecule has 1 aromatic rings. The smallest absolute Gasteiger partial charge is 0.319 e. The fourth-order valence-electron chi connectivity index (χ4n) is 1.29. The zero-order chi connectivity index (χ0) is 12.7. The lowest BCUT2D eigenvalue weighted by Crippen LogP contribution is -2.16. The van der Waals surface area contributed by atoms with Crippen LogP contribution in [0, 0.1) is 0 Å². The summed E-state index contributed by atoms with van der Waals surface area (Å²) in [5.74, 6) is 0.673. The molecule has 3 nitrogen and oxygen atoms in total. The van der Waals surface area contributed by atoms with Crippen LogP contribution in [0.2, 0.25) is 0 Å². The highest BCUT2D eigenvalue weighted by molar-refractivity contribution is 8.00. The third kappa shape index (κ3) is 4.69. The Balaban J connectivity index is 2.53. The number of rotatable bonds is 6. The van der Waals surface area contributed by atoms with E-state index in [-0.39, 0.29) is 11.2 Å². The zero-order valence-corrected chi connectivity index (χ0v) is 11.3. The summed E-state index contributed by atoms with van der Waals surface area (Å²) in [6.07, 6.45) is 0. The van der Waals surface area contributed by atoms with Gasteiger partial charge in [-0.15, -0.1) is 11.8 Å². The molecule has 0 aliphatic heterocycles. The van der Waals surface area contributed by atoms with Crippen LogP contribution in [0.25, 0.3) is 0 Å². The van der Waals surface area contributed by atoms with Crippen LogP contribution >= 0.6 is 11.8 Å². The monoisotopic (exact) mass is 254 g/mol. The van der Waals surface area contributed by atoms with Crippen LogP contribution in [0.15, 0.2) is 29.2 Å². The van der Waals surface area contributed by atoms with E-state index in [4.69, 9.17) is 9.47 Å². The minimum absolute atomic E-state index is 0.175. The van der Waals surface area contributed by atoms with Crippen LogP contribution in [0.1, 0.15) is 20.8 Å². The highest BCUT2D eigenvalue weighted by Gasteiger charge is 2.15. The molecule has 0 radical (unpaired) electrons. The average molecular weight is 254 g/mol. The van der Waals surface area contributed by atoms with E-state index in [1.165, 1.54) is 11.8 Å². The van der Waals surface area contributed by atoms with Gasteiger partial charge in [-0.3, -0.25) is 4.79 Å². The zero-order valence-electron chi connectivity index (χ0n) is 10.4. The third-order valence-corrected chi connectivity index (χ3v) is 3.16. The summed E-state index contributed by atoms with van der Waals surface area (Å²) in [4.78, 5) is 12.5. The van der Waals surface area contributed by atoms with Crippen molar-refractivity contribution in [1.29, 1.82) is 0 Å². The average Bonchev–Trinajstić information content (AvgIpc) is 2.32. The van der Waals surface area contributed by atoms with Crippen molar-refractivity contribution in [3.8, 4) is 5.75 Å². The number of benzene rings is 1. The van der Waals surface area contributed by atoms with Crippen molar-refractivity contribution in [3.05, 3.63) is 24.3 Å². The van der Waals surface area contributed by atoms with Crippen molar-refractivity contribution in [1.82, 2.24) is 0 Å². The molecule has 0 saturated heterocycles. The summed E-state index contributed by atoms with van der Waals surface area (Å²) in [5, 5.41) is -0.187. The summed E-state index contributed by atoms with van der Waals surface area (Å²) in [5.41, 5.74) is 0. The van der Waals surface area contributed by atoms with Gasteiger partial charge in [0.25, 0.3) is 0 Å². The summed E-state index contributed by atoms with van der Waals surface area (Å²) in [6, 6.07) is 7.71. The molecule has 0 saturated carbocycles. The van der Waals surface area contributed by atoms with E-state index in [0.29, 0.717) is 13.2 Å². The van der Waals surface area contributed by atoms with E-state index in [1.54, 1.807) is 0 Å². The van der Waals surface area contributed by atoms with Crippen LogP contribution in [0.4, 0.5) is 0 Å². The molecule has 0 aromatic heterocycles. The Morgan fingerprint density at radius 1 is 1.24 bits per heavy atom. The largest absolute Gasteiger partial charge is 0.494 e. The number of hydrogen-bond donors (Lipinski definition) is 0. The van der Waals surface area contributed by atoms with Crippen LogP contribution in [0.3, 0.4) is 0 Å². The Hall–Kier alpha value is -1.16. The van der Waals surface area contributed by atoms with Gasteiger partial charge in [-0.05, 0) is 45.0 Å². The molecule has 17 heavy (non-hydrogen) atoms. The van der Waals surface area contributed by atoms with E-state index in [1.807, 2.05) is 45.0 Å². The number of carbonyl (C=O) groups excluding carboxylic acids is 1. The quantitative estimate of drug-likeness (QED) is 0.577. The topological polar surface area (TPSA) is 35.5 Å². The predicted molar refractivity (Wildman–Crippen MR) is 69.6 cm³/mol. The number of esters is 1.